The van der Waals surface area contributed by atoms with E-state index in [9.17, 15) is 5.11 Å². The summed E-state index contributed by atoms with van der Waals surface area (Å²) in [6.07, 6.45) is 8.09. The second-order valence-electron chi connectivity index (χ2n) is 6.21. The van der Waals surface area contributed by atoms with Crippen molar-refractivity contribution in [3.8, 4) is 0 Å². The van der Waals surface area contributed by atoms with E-state index in [1.54, 1.807) is 0 Å². The molecule has 1 heteroatoms. The van der Waals surface area contributed by atoms with Gasteiger partial charge < -0.3 is 5.11 Å². The Labute approximate surface area is 94.6 Å². The highest BCUT2D eigenvalue weighted by molar-refractivity contribution is 4.90. The average molecular weight is 210 g/mol. The quantitative estimate of drug-likeness (QED) is 0.541. The minimum Gasteiger partial charge on any atom is -0.390 e. The smallest absolute Gasteiger partial charge is 0.0682 e. The van der Waals surface area contributed by atoms with Crippen LogP contribution in [0.2, 0.25) is 0 Å². The topological polar surface area (TPSA) is 20.2 Å². The first kappa shape index (κ1) is 12.8. The van der Waals surface area contributed by atoms with E-state index in [1.165, 1.54) is 6.42 Å². The van der Waals surface area contributed by atoms with Crippen molar-refractivity contribution in [2.75, 3.05) is 0 Å². The second kappa shape index (κ2) is 4.69. The van der Waals surface area contributed by atoms with Crippen molar-refractivity contribution in [1.82, 2.24) is 0 Å². The largest absolute Gasteiger partial charge is 0.390 e. The third kappa shape index (κ3) is 3.64. The van der Waals surface area contributed by atoms with E-state index < -0.39 is 5.60 Å². The van der Waals surface area contributed by atoms with Crippen LogP contribution in [0.4, 0.5) is 0 Å². The Morgan fingerprint density at radius 3 is 2.53 bits per heavy atom. The van der Waals surface area contributed by atoms with E-state index in [0.717, 1.165) is 38.0 Å². The van der Waals surface area contributed by atoms with Gasteiger partial charge >= 0.3 is 0 Å². The summed E-state index contributed by atoms with van der Waals surface area (Å²) in [5.74, 6) is 0.761. The van der Waals surface area contributed by atoms with Crippen molar-refractivity contribution < 1.29 is 5.11 Å². The van der Waals surface area contributed by atoms with Crippen LogP contribution in [0.3, 0.4) is 0 Å². The van der Waals surface area contributed by atoms with E-state index >= 15 is 0 Å². The minimum absolute atomic E-state index is 0.388. The molecule has 1 fully saturated rings. The fourth-order valence-electron chi connectivity index (χ4n) is 2.73. The number of hydrogen-bond donors (Lipinski definition) is 1. The standard InChI is InChI=1S/C14H26O/c1-5-9-14(15)10-6-7-12(8-11-14)13(2,3)4/h5,12,15H,1,6-11H2,2-4H3. The van der Waals surface area contributed by atoms with Crippen molar-refractivity contribution >= 4 is 0 Å². The molecule has 0 bridgehead atoms. The maximum atomic E-state index is 10.4. The molecular formula is C14H26O. The molecule has 1 aliphatic rings. The van der Waals surface area contributed by atoms with Gasteiger partial charge in [-0.25, -0.2) is 0 Å². The molecule has 2 unspecified atom stereocenters. The molecule has 1 aliphatic carbocycles. The highest BCUT2D eigenvalue weighted by Crippen LogP contribution is 2.40. The molecule has 0 aromatic heterocycles. The van der Waals surface area contributed by atoms with Gasteiger partial charge in [0.05, 0.1) is 5.60 Å². The highest BCUT2D eigenvalue weighted by Gasteiger charge is 2.33. The van der Waals surface area contributed by atoms with Crippen LogP contribution >= 0.6 is 0 Å². The zero-order valence-corrected chi connectivity index (χ0v) is 10.6. The van der Waals surface area contributed by atoms with Crippen LogP contribution in [-0.4, -0.2) is 10.7 Å². The van der Waals surface area contributed by atoms with Gasteiger partial charge in [-0.2, -0.15) is 0 Å². The third-order valence-corrected chi connectivity index (χ3v) is 3.90. The molecule has 0 heterocycles. The maximum Gasteiger partial charge on any atom is 0.0682 e. The van der Waals surface area contributed by atoms with Crippen LogP contribution in [0.1, 0.15) is 59.3 Å². The zero-order chi connectivity index (χ0) is 11.5. The Kier molecular flexibility index (Phi) is 3.99. The summed E-state index contributed by atoms with van der Waals surface area (Å²) >= 11 is 0. The summed E-state index contributed by atoms with van der Waals surface area (Å²) in [5, 5.41) is 10.4. The molecule has 0 saturated heterocycles. The van der Waals surface area contributed by atoms with Crippen LogP contribution in [0.5, 0.6) is 0 Å². The van der Waals surface area contributed by atoms with Gasteiger partial charge in [-0.05, 0) is 43.4 Å². The Morgan fingerprint density at radius 1 is 1.33 bits per heavy atom. The van der Waals surface area contributed by atoms with E-state index in [0.29, 0.717) is 5.41 Å². The van der Waals surface area contributed by atoms with E-state index in [-0.39, 0.29) is 0 Å². The zero-order valence-electron chi connectivity index (χ0n) is 10.6. The normalized spacial score (nSPS) is 33.5. The summed E-state index contributed by atoms with van der Waals surface area (Å²) in [6, 6.07) is 0. The number of aliphatic hydroxyl groups is 1. The van der Waals surface area contributed by atoms with Crippen LogP contribution in [-0.2, 0) is 0 Å². The maximum absolute atomic E-state index is 10.4. The molecule has 0 amide bonds. The molecule has 88 valence electrons. The Balaban J connectivity index is 2.59. The van der Waals surface area contributed by atoms with Crippen LogP contribution in [0.15, 0.2) is 12.7 Å². The first-order valence-electron chi connectivity index (χ1n) is 6.21. The van der Waals surface area contributed by atoms with Gasteiger partial charge in [-0.1, -0.05) is 33.3 Å². The summed E-state index contributed by atoms with van der Waals surface area (Å²) in [5.41, 5.74) is -0.0683. The fourth-order valence-corrected chi connectivity index (χ4v) is 2.73. The van der Waals surface area contributed by atoms with Crippen LogP contribution in [0.25, 0.3) is 0 Å². The lowest BCUT2D eigenvalue weighted by molar-refractivity contribution is 0.0252. The van der Waals surface area contributed by atoms with Crippen molar-refractivity contribution in [1.29, 1.82) is 0 Å². The molecule has 0 spiro atoms. The van der Waals surface area contributed by atoms with Gasteiger partial charge in [0.25, 0.3) is 0 Å². The predicted octanol–water partition coefficient (Wildman–Crippen LogP) is 3.92. The van der Waals surface area contributed by atoms with Gasteiger partial charge in [-0.3, -0.25) is 0 Å². The van der Waals surface area contributed by atoms with Crippen molar-refractivity contribution in [3.63, 3.8) is 0 Å². The monoisotopic (exact) mass is 210 g/mol. The summed E-state index contributed by atoms with van der Waals surface area (Å²) in [6.45, 7) is 10.7. The highest BCUT2D eigenvalue weighted by atomic mass is 16.3. The predicted molar refractivity (Wildman–Crippen MR) is 65.8 cm³/mol. The molecule has 2 atom stereocenters. The summed E-state index contributed by atoms with van der Waals surface area (Å²) in [7, 11) is 0. The lowest BCUT2D eigenvalue weighted by Gasteiger charge is -2.30. The Morgan fingerprint density at radius 2 is 2.00 bits per heavy atom. The molecule has 1 saturated carbocycles. The van der Waals surface area contributed by atoms with E-state index in [4.69, 9.17) is 0 Å². The van der Waals surface area contributed by atoms with Crippen molar-refractivity contribution in [2.45, 2.75) is 64.9 Å². The molecule has 0 aromatic carbocycles. The minimum atomic E-state index is -0.457. The Bertz CT molecular complexity index is 214. The van der Waals surface area contributed by atoms with Crippen molar-refractivity contribution in [3.05, 3.63) is 12.7 Å². The van der Waals surface area contributed by atoms with Crippen LogP contribution in [0, 0.1) is 11.3 Å². The molecule has 15 heavy (non-hydrogen) atoms. The van der Waals surface area contributed by atoms with E-state index in [1.807, 2.05) is 6.08 Å². The van der Waals surface area contributed by atoms with Crippen LogP contribution < -0.4 is 0 Å². The first-order valence-corrected chi connectivity index (χ1v) is 6.21. The number of rotatable bonds is 2. The fraction of sp³-hybridized carbons (Fsp3) is 0.857. The number of hydrogen-bond acceptors (Lipinski definition) is 1. The molecule has 0 aromatic rings. The SMILES string of the molecule is C=CCC1(O)CCCC(C(C)(C)C)CC1. The summed E-state index contributed by atoms with van der Waals surface area (Å²) < 4.78 is 0. The molecule has 0 aliphatic heterocycles. The lowest BCUT2D eigenvalue weighted by Crippen LogP contribution is -2.27. The first-order chi connectivity index (χ1) is 6.87. The molecule has 1 rings (SSSR count). The summed E-state index contributed by atoms with van der Waals surface area (Å²) in [4.78, 5) is 0. The van der Waals surface area contributed by atoms with Crippen molar-refractivity contribution in [2.24, 2.45) is 11.3 Å². The second-order valence-corrected chi connectivity index (χ2v) is 6.21. The van der Waals surface area contributed by atoms with Gasteiger partial charge in [-0.15, -0.1) is 6.58 Å². The molecule has 1 N–H and O–H groups in total. The lowest BCUT2D eigenvalue weighted by atomic mass is 9.76. The van der Waals surface area contributed by atoms with Gasteiger partial charge in [0.1, 0.15) is 0 Å². The van der Waals surface area contributed by atoms with Gasteiger partial charge in [0.15, 0.2) is 0 Å². The third-order valence-electron chi connectivity index (χ3n) is 3.90. The van der Waals surface area contributed by atoms with Gasteiger partial charge in [0, 0.05) is 0 Å². The average Bonchev–Trinajstić information content (AvgIpc) is 2.26. The molecule has 1 nitrogen and oxygen atoms in total. The molecular weight excluding hydrogens is 184 g/mol. The van der Waals surface area contributed by atoms with Gasteiger partial charge in [0.2, 0.25) is 0 Å². The molecule has 0 radical (unpaired) electrons. The Hall–Kier alpha value is -0.300. The van der Waals surface area contributed by atoms with E-state index in [2.05, 4.69) is 27.4 Å².